The van der Waals surface area contributed by atoms with Crippen LogP contribution in [-0.4, -0.2) is 22.5 Å². The zero-order valence-electron chi connectivity index (χ0n) is 14.2. The van der Waals surface area contributed by atoms with Gasteiger partial charge in [-0.1, -0.05) is 42.5 Å². The number of halogens is 1. The molecule has 1 heterocycles. The number of aromatic nitrogens is 1. The first kappa shape index (κ1) is 17.6. The van der Waals surface area contributed by atoms with Crippen LogP contribution < -0.4 is 5.32 Å². The Bertz CT molecular complexity index is 877. The Labute approximate surface area is 151 Å². The van der Waals surface area contributed by atoms with Crippen molar-refractivity contribution in [2.45, 2.75) is 12.8 Å². The normalized spacial score (nSPS) is 10.5. The van der Waals surface area contributed by atoms with Crippen molar-refractivity contribution in [2.24, 2.45) is 0 Å². The highest BCUT2D eigenvalue weighted by Gasteiger charge is 2.06. The van der Waals surface area contributed by atoms with Crippen LogP contribution in [0.5, 0.6) is 5.88 Å². The first-order chi connectivity index (χ1) is 12.6. The van der Waals surface area contributed by atoms with Gasteiger partial charge in [0.25, 0.3) is 5.91 Å². The number of hydrogen-bond donors (Lipinski definition) is 2. The van der Waals surface area contributed by atoms with Gasteiger partial charge in [-0.15, -0.1) is 0 Å². The highest BCUT2D eigenvalue weighted by molar-refractivity contribution is 5.93. The van der Waals surface area contributed by atoms with Crippen molar-refractivity contribution in [3.63, 3.8) is 0 Å². The molecular weight excluding hydrogens is 331 g/mol. The molecule has 0 saturated carbocycles. The molecule has 0 fully saturated rings. The molecule has 0 bridgehead atoms. The average molecular weight is 350 g/mol. The molecule has 1 aromatic heterocycles. The van der Waals surface area contributed by atoms with E-state index in [4.69, 9.17) is 5.11 Å². The maximum Gasteiger partial charge on any atom is 0.252 e. The molecule has 2 aromatic carbocycles. The van der Waals surface area contributed by atoms with Crippen molar-refractivity contribution < 1.29 is 14.3 Å². The Kier molecular flexibility index (Phi) is 5.59. The third-order valence-electron chi connectivity index (χ3n) is 4.08. The Morgan fingerprint density at radius 1 is 1.04 bits per heavy atom. The minimum Gasteiger partial charge on any atom is -0.493 e. The number of hydrogen-bond acceptors (Lipinski definition) is 3. The molecule has 3 rings (SSSR count). The van der Waals surface area contributed by atoms with Crippen molar-refractivity contribution in [1.82, 2.24) is 10.3 Å². The van der Waals surface area contributed by atoms with E-state index in [2.05, 4.69) is 10.3 Å². The summed E-state index contributed by atoms with van der Waals surface area (Å²) in [4.78, 5) is 15.6. The third-order valence-corrected chi connectivity index (χ3v) is 4.08. The predicted molar refractivity (Wildman–Crippen MR) is 98.4 cm³/mol. The first-order valence-electron chi connectivity index (χ1n) is 8.40. The number of nitrogens with one attached hydrogen (secondary N) is 1. The van der Waals surface area contributed by atoms with Gasteiger partial charge in [-0.2, -0.15) is 0 Å². The zero-order valence-corrected chi connectivity index (χ0v) is 14.2. The number of benzene rings is 2. The van der Waals surface area contributed by atoms with Gasteiger partial charge >= 0.3 is 0 Å². The second-order valence-electron chi connectivity index (χ2n) is 5.94. The smallest absolute Gasteiger partial charge is 0.252 e. The second-order valence-corrected chi connectivity index (χ2v) is 5.94. The summed E-state index contributed by atoms with van der Waals surface area (Å²) < 4.78 is 13.8. The number of aryl methyl sites for hydroxylation is 1. The molecule has 0 radical (unpaired) electrons. The van der Waals surface area contributed by atoms with Gasteiger partial charge in [0.05, 0.1) is 5.56 Å². The number of carbonyl (C=O) groups excluding carboxylic acids is 1. The summed E-state index contributed by atoms with van der Waals surface area (Å²) in [5.74, 6) is -0.556. The highest BCUT2D eigenvalue weighted by atomic mass is 19.1. The molecule has 26 heavy (non-hydrogen) atoms. The molecule has 0 saturated heterocycles. The lowest BCUT2D eigenvalue weighted by Gasteiger charge is -2.07. The van der Waals surface area contributed by atoms with E-state index in [9.17, 15) is 9.18 Å². The lowest BCUT2D eigenvalue weighted by Crippen LogP contribution is -2.24. The topological polar surface area (TPSA) is 62.2 Å². The third kappa shape index (κ3) is 4.45. The molecule has 1 amide bonds. The minimum atomic E-state index is -0.230. The molecule has 3 aromatic rings. The predicted octanol–water partition coefficient (Wildman–Crippen LogP) is 3.96. The van der Waals surface area contributed by atoms with Crippen LogP contribution >= 0.6 is 0 Å². The summed E-state index contributed by atoms with van der Waals surface area (Å²) in [5, 5.41) is 11.9. The Morgan fingerprint density at radius 2 is 1.81 bits per heavy atom. The van der Waals surface area contributed by atoms with Crippen LogP contribution in [0.4, 0.5) is 4.39 Å². The molecule has 0 spiro atoms. The summed E-state index contributed by atoms with van der Waals surface area (Å²) in [5.41, 5.74) is 2.98. The standard InChI is InChI=1S/C21H19FN2O2/c22-19-6-2-1-5-18(19)16-9-7-15(8-10-16)4-3-13-23-21(26)17-11-12-20(25)24-14-17/h1-2,5-12,14H,3-4,13H2,(H,23,26)(H,24,25). The van der Waals surface area contributed by atoms with Gasteiger partial charge in [0.15, 0.2) is 0 Å². The lowest BCUT2D eigenvalue weighted by atomic mass is 10.0. The Hall–Kier alpha value is -3.21. The quantitative estimate of drug-likeness (QED) is 0.662. The molecule has 132 valence electrons. The van der Waals surface area contributed by atoms with Crippen LogP contribution in [0.25, 0.3) is 11.1 Å². The average Bonchev–Trinajstić information content (AvgIpc) is 2.67. The van der Waals surface area contributed by atoms with Crippen molar-refractivity contribution in [3.05, 3.63) is 83.8 Å². The maximum atomic E-state index is 13.8. The van der Waals surface area contributed by atoms with Gasteiger partial charge in [-0.3, -0.25) is 4.79 Å². The monoisotopic (exact) mass is 350 g/mol. The van der Waals surface area contributed by atoms with E-state index in [1.165, 1.54) is 24.4 Å². The highest BCUT2D eigenvalue weighted by Crippen LogP contribution is 2.23. The number of nitrogens with zero attached hydrogens (tertiary/aromatic N) is 1. The summed E-state index contributed by atoms with van der Waals surface area (Å²) in [7, 11) is 0. The van der Waals surface area contributed by atoms with E-state index in [1.54, 1.807) is 12.1 Å². The van der Waals surface area contributed by atoms with Crippen molar-refractivity contribution >= 4 is 5.91 Å². The van der Waals surface area contributed by atoms with Crippen molar-refractivity contribution in [3.8, 4) is 17.0 Å². The number of amides is 1. The summed E-state index contributed by atoms with van der Waals surface area (Å²) >= 11 is 0. The van der Waals surface area contributed by atoms with Crippen LogP contribution in [0.1, 0.15) is 22.3 Å². The molecule has 0 aliphatic rings. The van der Waals surface area contributed by atoms with Crippen LogP contribution in [0.3, 0.4) is 0 Å². The van der Waals surface area contributed by atoms with Crippen LogP contribution in [0, 0.1) is 5.82 Å². The largest absolute Gasteiger partial charge is 0.493 e. The maximum absolute atomic E-state index is 13.8. The van der Waals surface area contributed by atoms with Gasteiger partial charge in [0.2, 0.25) is 5.88 Å². The molecule has 5 heteroatoms. The SMILES string of the molecule is O=C(NCCCc1ccc(-c2ccccc2F)cc1)c1ccc(O)nc1. The van der Waals surface area contributed by atoms with E-state index in [-0.39, 0.29) is 17.6 Å². The Balaban J connectivity index is 1.49. The molecule has 0 aliphatic carbocycles. The fourth-order valence-corrected chi connectivity index (χ4v) is 2.66. The van der Waals surface area contributed by atoms with Crippen LogP contribution in [0.2, 0.25) is 0 Å². The molecular formula is C21H19FN2O2. The van der Waals surface area contributed by atoms with Crippen molar-refractivity contribution in [2.75, 3.05) is 6.54 Å². The molecule has 0 unspecified atom stereocenters. The minimum absolute atomic E-state index is 0.111. The zero-order chi connectivity index (χ0) is 18.4. The summed E-state index contributed by atoms with van der Waals surface area (Å²) in [6.07, 6.45) is 2.94. The van der Waals surface area contributed by atoms with Gasteiger partial charge in [-0.05, 0) is 36.1 Å². The number of pyridine rings is 1. The van der Waals surface area contributed by atoms with E-state index < -0.39 is 0 Å². The van der Waals surface area contributed by atoms with Gasteiger partial charge in [0.1, 0.15) is 5.82 Å². The van der Waals surface area contributed by atoms with Gasteiger partial charge in [0, 0.05) is 24.4 Å². The van der Waals surface area contributed by atoms with Crippen LogP contribution in [0.15, 0.2) is 66.9 Å². The van der Waals surface area contributed by atoms with Crippen LogP contribution in [-0.2, 0) is 6.42 Å². The molecule has 0 atom stereocenters. The number of rotatable bonds is 6. The number of aromatic hydroxyl groups is 1. The van der Waals surface area contributed by atoms with Gasteiger partial charge in [-0.25, -0.2) is 9.37 Å². The fraction of sp³-hybridized carbons (Fsp3) is 0.143. The summed E-state index contributed by atoms with van der Waals surface area (Å²) in [6.45, 7) is 0.536. The van der Waals surface area contributed by atoms with E-state index >= 15 is 0 Å². The molecule has 2 N–H and O–H groups in total. The Morgan fingerprint density at radius 3 is 2.50 bits per heavy atom. The second kappa shape index (κ2) is 8.25. The fourth-order valence-electron chi connectivity index (χ4n) is 2.66. The van der Waals surface area contributed by atoms with Gasteiger partial charge < -0.3 is 10.4 Å². The van der Waals surface area contributed by atoms with E-state index in [0.717, 1.165) is 24.0 Å². The number of carbonyl (C=O) groups is 1. The molecule has 4 nitrogen and oxygen atoms in total. The summed E-state index contributed by atoms with van der Waals surface area (Å²) in [6, 6.07) is 17.4. The van der Waals surface area contributed by atoms with E-state index in [0.29, 0.717) is 17.7 Å². The van der Waals surface area contributed by atoms with E-state index in [1.807, 2.05) is 30.3 Å². The molecule has 0 aliphatic heterocycles. The lowest BCUT2D eigenvalue weighted by molar-refractivity contribution is 0.0953. The first-order valence-corrected chi connectivity index (χ1v) is 8.40. The van der Waals surface area contributed by atoms with Crippen molar-refractivity contribution in [1.29, 1.82) is 0 Å².